The lowest BCUT2D eigenvalue weighted by Crippen LogP contribution is -2.77. The molecule has 4 fully saturated rings. The van der Waals surface area contributed by atoms with E-state index in [1.165, 1.54) is 21.3 Å². The van der Waals surface area contributed by atoms with Crippen LogP contribution in [0, 0.1) is 59.2 Å². The van der Waals surface area contributed by atoms with Gasteiger partial charge in [0.15, 0.2) is 34.2 Å². The zero-order valence-corrected chi connectivity index (χ0v) is 62.5. The zero-order chi connectivity index (χ0) is 76.3. The van der Waals surface area contributed by atoms with Gasteiger partial charge >= 0.3 is 11.9 Å². The number of methoxy groups -OCH3 is 3. The summed E-state index contributed by atoms with van der Waals surface area (Å²) in [5, 5.41) is 79.5. The van der Waals surface area contributed by atoms with Gasteiger partial charge in [0.1, 0.15) is 34.9 Å². The molecule has 4 heterocycles. The Morgan fingerprint density at radius 3 is 1.31 bits per heavy atom. The number of likely N-dealkylation sites (N-methyl/N-ethyl adjacent to an activating group) is 2. The highest BCUT2D eigenvalue weighted by atomic mass is 16.6. The minimum absolute atomic E-state index is 0.00616. The molecule has 2 spiro atoms. The Hall–Kier alpha value is -7.40. The number of ketones is 2. The summed E-state index contributed by atoms with van der Waals surface area (Å²) < 4.78 is 38.2. The first-order chi connectivity index (χ1) is 48.1. The third kappa shape index (κ3) is 18.0. The third-order valence-corrected chi connectivity index (χ3v) is 20.8. The minimum atomic E-state index is -1.93. The van der Waals surface area contributed by atoms with Crippen LogP contribution in [0.15, 0.2) is 142 Å². The molecule has 25 heteroatoms. The van der Waals surface area contributed by atoms with Crippen LogP contribution < -0.4 is 21.3 Å². The lowest BCUT2D eigenvalue weighted by atomic mass is 9.60. The summed E-state index contributed by atoms with van der Waals surface area (Å²) in [6, 6.07) is -1.92. The molecular formula is C77H112N6O19. The van der Waals surface area contributed by atoms with Crippen LogP contribution in [0.5, 0.6) is 0 Å². The number of hydrogen-bond donors (Lipinski definition) is 10. The van der Waals surface area contributed by atoms with Crippen molar-refractivity contribution in [2.75, 3.05) is 55.1 Å². The maximum atomic E-state index is 13.3. The topological polar surface area (TPSA) is 370 Å². The van der Waals surface area contributed by atoms with Crippen molar-refractivity contribution in [3.8, 4) is 0 Å². The lowest BCUT2D eigenvalue weighted by molar-refractivity contribution is -0.277. The number of Topliss-reactive ketones (excluding diaryl/α,β-unsaturated/α-hetero) is 2. The predicted molar refractivity (Wildman–Crippen MR) is 383 cm³/mol. The fourth-order valence-corrected chi connectivity index (χ4v) is 14.4. The number of aryl methyl sites for hydroxylation is 2. The highest BCUT2D eigenvalue weighted by molar-refractivity contribution is 6.03. The van der Waals surface area contributed by atoms with Gasteiger partial charge < -0.3 is 84.4 Å². The van der Waals surface area contributed by atoms with Crippen molar-refractivity contribution in [2.24, 2.45) is 45.3 Å². The number of nitrogens with zero attached hydrogens (tertiary/aromatic N) is 2. The van der Waals surface area contributed by atoms with Crippen molar-refractivity contribution in [1.29, 1.82) is 0 Å². The van der Waals surface area contributed by atoms with Crippen LogP contribution in [0.2, 0.25) is 0 Å². The number of oxazole rings is 2. The molecule has 102 heavy (non-hydrogen) atoms. The summed E-state index contributed by atoms with van der Waals surface area (Å²) in [4.78, 5) is 86.6. The second-order valence-electron chi connectivity index (χ2n) is 28.2. The van der Waals surface area contributed by atoms with Crippen LogP contribution in [0.4, 0.5) is 0 Å². The predicted octanol–water partition coefficient (Wildman–Crippen LogP) is 5.77. The number of aliphatic hydroxyl groups is 6. The second-order valence-corrected chi connectivity index (χ2v) is 28.2. The summed E-state index contributed by atoms with van der Waals surface area (Å²) in [5.74, 6) is -2.54. The van der Waals surface area contributed by atoms with Gasteiger partial charge in [0.05, 0.1) is 78.5 Å². The number of ether oxygens (including phenoxy) is 5. The molecule has 2 aromatic heterocycles. The fraction of sp³-hybridized carbons (Fsp3) is 0.584. The second kappa shape index (κ2) is 37.3. The number of nitrogens with one attached hydrogen (secondary N) is 4. The quantitative estimate of drug-likeness (QED) is 0.0286. The van der Waals surface area contributed by atoms with E-state index in [1.54, 1.807) is 189 Å². The molecular weight excluding hydrogens is 1310 g/mol. The Morgan fingerprint density at radius 2 is 0.971 bits per heavy atom. The van der Waals surface area contributed by atoms with Gasteiger partial charge in [-0.1, -0.05) is 137 Å². The molecule has 18 unspecified atom stereocenters. The third-order valence-electron chi connectivity index (χ3n) is 20.8. The molecule has 564 valence electrons. The number of rotatable bonds is 36. The molecule has 2 saturated carbocycles. The Morgan fingerprint density at radius 1 is 0.588 bits per heavy atom. The van der Waals surface area contributed by atoms with Gasteiger partial charge in [0.2, 0.25) is 11.8 Å². The number of hydrogen-bond acceptors (Lipinski definition) is 23. The van der Waals surface area contributed by atoms with E-state index in [1.807, 2.05) is 36.5 Å². The molecule has 2 saturated heterocycles. The van der Waals surface area contributed by atoms with Crippen molar-refractivity contribution >= 4 is 35.3 Å². The van der Waals surface area contributed by atoms with Crippen LogP contribution >= 0.6 is 0 Å². The molecule has 6 rings (SSSR count). The minimum Gasteiger partial charge on any atom is -0.461 e. The Labute approximate surface area is 600 Å². The van der Waals surface area contributed by atoms with E-state index >= 15 is 0 Å². The number of amides is 2. The van der Waals surface area contributed by atoms with Gasteiger partial charge in [-0.05, 0) is 98.4 Å². The fourth-order valence-electron chi connectivity index (χ4n) is 14.4. The number of allylic oxidation sites excluding steroid dienone is 14. The lowest BCUT2D eigenvalue weighted by Gasteiger charge is -2.56. The maximum Gasteiger partial charge on any atom is 0.321 e. The molecule has 0 radical (unpaired) electrons. The highest BCUT2D eigenvalue weighted by Crippen LogP contribution is 2.61. The monoisotopic (exact) mass is 1420 g/mol. The van der Waals surface area contributed by atoms with Crippen LogP contribution in [-0.4, -0.2) is 203 Å². The molecule has 0 bridgehead atoms. The number of esters is 2. The van der Waals surface area contributed by atoms with E-state index < -0.39 is 129 Å². The molecule has 2 aliphatic heterocycles. The molecule has 2 aromatic rings. The number of carbonyl (C=O) groups is 6. The summed E-state index contributed by atoms with van der Waals surface area (Å²) >= 11 is 0. The van der Waals surface area contributed by atoms with Crippen LogP contribution in [0.1, 0.15) is 112 Å². The average Bonchev–Trinajstić information content (AvgIpc) is 1.45. The van der Waals surface area contributed by atoms with Crippen LogP contribution in [0.3, 0.4) is 0 Å². The Balaban J connectivity index is 0.000000367. The van der Waals surface area contributed by atoms with Crippen LogP contribution in [0.25, 0.3) is 0 Å². The van der Waals surface area contributed by atoms with Gasteiger partial charge in [0, 0.05) is 72.9 Å². The largest absolute Gasteiger partial charge is 0.461 e. The molecule has 18 atom stereocenters. The number of carbonyl (C=O) groups excluding carboxylic acids is 6. The van der Waals surface area contributed by atoms with E-state index in [0.29, 0.717) is 35.8 Å². The van der Waals surface area contributed by atoms with Gasteiger partial charge in [-0.25, -0.2) is 9.97 Å². The van der Waals surface area contributed by atoms with Gasteiger partial charge in [-0.15, -0.1) is 0 Å². The molecule has 4 aliphatic rings. The average molecular weight is 1430 g/mol. The van der Waals surface area contributed by atoms with Crippen LogP contribution in [-0.2, 0) is 65.3 Å². The molecule has 2 amide bonds. The van der Waals surface area contributed by atoms with E-state index in [9.17, 15) is 59.4 Å². The molecule has 25 nitrogen and oxygen atoms in total. The maximum absolute atomic E-state index is 13.3. The number of cyclic esters (lactones) is 2. The van der Waals surface area contributed by atoms with Crippen molar-refractivity contribution in [3.05, 3.63) is 156 Å². The summed E-state index contributed by atoms with van der Waals surface area (Å²) in [7, 11) is 7.40. The Bertz CT molecular complexity index is 3500. The van der Waals surface area contributed by atoms with Gasteiger partial charge in [0.25, 0.3) is 0 Å². The van der Waals surface area contributed by atoms with Gasteiger partial charge in [-0.2, -0.15) is 0 Å². The molecule has 2 aliphatic carbocycles. The van der Waals surface area contributed by atoms with E-state index in [0.717, 1.165) is 11.5 Å². The molecule has 0 aromatic carbocycles. The van der Waals surface area contributed by atoms with E-state index in [2.05, 4.69) is 31.2 Å². The highest BCUT2D eigenvalue weighted by Gasteiger charge is 2.83. The number of aliphatic hydroxyl groups excluding tert-OH is 4. The standard InChI is InChI=1S/C39H57N3O10.C38H55N3O9/c1-24(17-13-10-11-14-18-28-22-42-27(4)51-28)34(45)37(5,6)35(46)41-20-16-12-15-19-29(43)25(2)21-30(50-9)39(48)26(3)32(44)33(40-7)38(39)31(23-49-8)52-36(38)47;1-23(17-13-10-11-14-18-28-22-41-27(5)50-28)33(44)36(6,7)34(45)40-20-16-12-15-19-29(42)24(2)21-30(48-9)38(47)25(3)31(43)32(39-8)37(38)26(4)49-35(37)46/h10-17,19,22,25-26,29-31,33-34,40,43,45,48H,18,20-21,23H2,1-9H3,(H,41,46);10-17,19,22,24-26,29-30,32-33,39,42,44,47H,18,20-21H2,1-9H3,(H,40,45)/b13-10-,14-11+,16-12+,19-15+,24-17-;13-10-,14-11+,16-12+,19-15+,23-17-. The Kier molecular flexibility index (Phi) is 31.2. The first kappa shape index (κ1) is 85.2. The van der Waals surface area contributed by atoms with Crippen molar-refractivity contribution in [1.82, 2.24) is 31.2 Å². The molecule has 10 N–H and O–H groups in total. The smallest absolute Gasteiger partial charge is 0.321 e. The van der Waals surface area contributed by atoms with Crippen molar-refractivity contribution in [3.63, 3.8) is 0 Å². The van der Waals surface area contributed by atoms with Crippen molar-refractivity contribution < 1.29 is 91.9 Å². The SMILES string of the molecule is CNC1C(=O)C(C)C(O)(C(CC(C)C(O)/C=C/C=C/CNC(=O)C(C)(C)C(O)\C(C)=C/C=C\C=C\Cc2cnc(C)o2)OC)C12C(=O)OC2C.CNC1C(=O)C(C)C(O)(C(CC(C)C(O)/C=C/C=C/CNC(=O)C(C)(C)C(O)\C(C)=C/C=C\C=C\Cc2cnc(C)o2)OC)C12C(=O)OC2COC. The van der Waals surface area contributed by atoms with Gasteiger partial charge in [-0.3, -0.25) is 28.8 Å². The first-order valence-corrected chi connectivity index (χ1v) is 34.7. The summed E-state index contributed by atoms with van der Waals surface area (Å²) in [5.41, 5.74) is -7.81. The van der Waals surface area contributed by atoms with E-state index in [4.69, 9.17) is 32.5 Å². The first-order valence-electron chi connectivity index (χ1n) is 34.7. The zero-order valence-electron chi connectivity index (χ0n) is 62.5. The van der Waals surface area contributed by atoms with E-state index in [-0.39, 0.29) is 55.9 Å². The number of aromatic nitrogens is 2. The van der Waals surface area contributed by atoms with Crippen molar-refractivity contribution in [2.45, 2.75) is 188 Å². The summed E-state index contributed by atoms with van der Waals surface area (Å²) in [6.45, 7) is 22.6. The summed E-state index contributed by atoms with van der Waals surface area (Å²) in [6.07, 6.45) is 29.1. The normalized spacial score (nSPS) is 28.2.